The Kier molecular flexibility index (Phi) is 4.13. The predicted octanol–water partition coefficient (Wildman–Crippen LogP) is 3.58. The van der Waals surface area contributed by atoms with Crippen molar-refractivity contribution in [3.8, 4) is 5.75 Å². The van der Waals surface area contributed by atoms with Gasteiger partial charge in [0.15, 0.2) is 10.9 Å². The highest BCUT2D eigenvalue weighted by atomic mass is 35.5. The minimum Gasteiger partial charge on any atom is -0.496 e. The number of rotatable bonds is 3. The number of methoxy groups -OCH3 is 1. The van der Waals surface area contributed by atoms with Crippen LogP contribution >= 0.6 is 22.9 Å². The lowest BCUT2D eigenvalue weighted by Crippen LogP contribution is -2.13. The molecule has 1 aromatic heterocycles. The lowest BCUT2D eigenvalue weighted by Gasteiger charge is -2.08. The van der Waals surface area contributed by atoms with Gasteiger partial charge in [-0.05, 0) is 31.0 Å². The largest absolute Gasteiger partial charge is 0.496 e. The van der Waals surface area contributed by atoms with Gasteiger partial charge < -0.3 is 4.74 Å². The minimum atomic E-state index is -0.363. The number of ether oxygens (including phenoxy) is 1. The van der Waals surface area contributed by atoms with E-state index >= 15 is 0 Å². The molecule has 0 atom stereocenters. The van der Waals surface area contributed by atoms with Crippen molar-refractivity contribution in [1.29, 1.82) is 0 Å². The van der Waals surface area contributed by atoms with Crippen LogP contribution in [0.1, 0.15) is 38.6 Å². The molecule has 0 saturated heterocycles. The molecule has 0 saturated carbocycles. The highest BCUT2D eigenvalue weighted by Gasteiger charge is 2.23. The van der Waals surface area contributed by atoms with Gasteiger partial charge in [-0.3, -0.25) is 14.9 Å². The molecular weight excluding hydrogens is 324 g/mol. The molecule has 1 amide bonds. The van der Waals surface area contributed by atoms with Gasteiger partial charge in [0.1, 0.15) is 5.75 Å². The number of hydrogen-bond acceptors (Lipinski definition) is 5. The van der Waals surface area contributed by atoms with E-state index in [2.05, 4.69) is 10.3 Å². The first-order valence-corrected chi connectivity index (χ1v) is 7.95. The first-order valence-electron chi connectivity index (χ1n) is 6.76. The fraction of sp³-hybridized carbons (Fsp3) is 0.267. The number of nitrogens with zero attached hydrogens (tertiary/aromatic N) is 1. The maximum Gasteiger partial charge on any atom is 0.261 e. The van der Waals surface area contributed by atoms with Crippen LogP contribution in [0.15, 0.2) is 18.2 Å². The zero-order valence-corrected chi connectivity index (χ0v) is 13.4. The first kappa shape index (κ1) is 15.0. The molecule has 1 N–H and O–H groups in total. The van der Waals surface area contributed by atoms with Crippen LogP contribution in [-0.2, 0) is 6.42 Å². The lowest BCUT2D eigenvalue weighted by atomic mass is 10.0. The second-order valence-corrected chi connectivity index (χ2v) is 6.31. The van der Waals surface area contributed by atoms with E-state index in [1.165, 1.54) is 24.5 Å². The minimum absolute atomic E-state index is 0.0968. The number of hydrogen-bond donors (Lipinski definition) is 1. The number of anilines is 1. The summed E-state index contributed by atoms with van der Waals surface area (Å²) >= 11 is 7.15. The smallest absolute Gasteiger partial charge is 0.261 e. The van der Waals surface area contributed by atoms with Gasteiger partial charge in [-0.25, -0.2) is 4.98 Å². The van der Waals surface area contributed by atoms with E-state index in [0.717, 1.165) is 18.5 Å². The van der Waals surface area contributed by atoms with E-state index in [1.54, 1.807) is 12.1 Å². The zero-order valence-electron chi connectivity index (χ0n) is 11.8. The van der Waals surface area contributed by atoms with Crippen LogP contribution in [0.3, 0.4) is 0 Å². The number of Topliss-reactive ketones (excluding diaryl/α,β-unsaturated/α-hetero) is 1. The van der Waals surface area contributed by atoms with E-state index < -0.39 is 0 Å². The van der Waals surface area contributed by atoms with E-state index in [9.17, 15) is 9.59 Å². The zero-order chi connectivity index (χ0) is 15.7. The van der Waals surface area contributed by atoms with Crippen LogP contribution in [0.25, 0.3) is 0 Å². The van der Waals surface area contributed by atoms with E-state index in [4.69, 9.17) is 16.3 Å². The van der Waals surface area contributed by atoms with E-state index in [0.29, 0.717) is 32.8 Å². The third kappa shape index (κ3) is 2.84. The molecule has 0 unspecified atom stereocenters. The maximum absolute atomic E-state index is 12.4. The van der Waals surface area contributed by atoms with Gasteiger partial charge in [-0.15, -0.1) is 0 Å². The molecule has 1 heterocycles. The van der Waals surface area contributed by atoms with Crippen molar-refractivity contribution in [2.75, 3.05) is 12.4 Å². The molecule has 0 bridgehead atoms. The average molecular weight is 337 g/mol. The van der Waals surface area contributed by atoms with Crippen molar-refractivity contribution in [3.63, 3.8) is 0 Å². The Labute approximate surface area is 136 Å². The highest BCUT2D eigenvalue weighted by molar-refractivity contribution is 7.17. The van der Waals surface area contributed by atoms with Gasteiger partial charge >= 0.3 is 0 Å². The Bertz CT molecular complexity index is 757. The number of fused-ring (bicyclic) bond motifs is 1. The fourth-order valence-electron chi connectivity index (χ4n) is 2.34. The maximum atomic E-state index is 12.4. The summed E-state index contributed by atoms with van der Waals surface area (Å²) in [7, 11) is 1.49. The van der Waals surface area contributed by atoms with Crippen molar-refractivity contribution < 1.29 is 14.3 Å². The number of aryl methyl sites for hydroxylation is 1. The standard InChI is InChI=1S/C15H13ClN2O3S/c1-21-12-6-5-8(16)7-9(12)14(20)18-15-17-10-3-2-4-11(19)13(10)22-15/h5-7H,2-4H2,1H3,(H,17,18,20). The van der Waals surface area contributed by atoms with Crippen LogP contribution in [-0.4, -0.2) is 23.8 Å². The van der Waals surface area contributed by atoms with Crippen molar-refractivity contribution >= 4 is 39.8 Å². The molecule has 114 valence electrons. The molecular formula is C15H13ClN2O3S. The number of carbonyl (C=O) groups excluding carboxylic acids is 2. The van der Waals surface area contributed by atoms with Crippen LogP contribution < -0.4 is 10.1 Å². The Morgan fingerprint density at radius 3 is 2.95 bits per heavy atom. The molecule has 0 aliphatic heterocycles. The number of ketones is 1. The molecule has 0 spiro atoms. The van der Waals surface area contributed by atoms with Crippen molar-refractivity contribution in [2.24, 2.45) is 0 Å². The highest BCUT2D eigenvalue weighted by Crippen LogP contribution is 2.30. The van der Waals surface area contributed by atoms with Crippen molar-refractivity contribution in [2.45, 2.75) is 19.3 Å². The van der Waals surface area contributed by atoms with E-state index in [-0.39, 0.29) is 11.7 Å². The third-order valence-electron chi connectivity index (χ3n) is 3.39. The van der Waals surface area contributed by atoms with Crippen LogP contribution in [0, 0.1) is 0 Å². The fourth-order valence-corrected chi connectivity index (χ4v) is 3.49. The molecule has 5 nitrogen and oxygen atoms in total. The second-order valence-electron chi connectivity index (χ2n) is 4.87. The molecule has 1 aromatic carbocycles. The number of aromatic nitrogens is 1. The van der Waals surface area contributed by atoms with E-state index in [1.807, 2.05) is 0 Å². The molecule has 2 aromatic rings. The number of carbonyl (C=O) groups is 2. The number of amides is 1. The summed E-state index contributed by atoms with van der Waals surface area (Å²) in [5.74, 6) is 0.164. The Morgan fingerprint density at radius 1 is 1.41 bits per heavy atom. The number of nitrogens with one attached hydrogen (secondary N) is 1. The topological polar surface area (TPSA) is 68.3 Å². The van der Waals surface area contributed by atoms with Gasteiger partial charge in [0, 0.05) is 11.4 Å². The summed E-state index contributed by atoms with van der Waals surface area (Å²) in [6.07, 6.45) is 2.13. The third-order valence-corrected chi connectivity index (χ3v) is 4.68. The quantitative estimate of drug-likeness (QED) is 0.930. The predicted molar refractivity (Wildman–Crippen MR) is 85.3 cm³/mol. The van der Waals surface area contributed by atoms with Crippen LogP contribution in [0.2, 0.25) is 5.02 Å². The SMILES string of the molecule is COc1ccc(Cl)cc1C(=O)Nc1nc2c(s1)C(=O)CCC2. The number of benzene rings is 1. The van der Waals surface area contributed by atoms with Gasteiger partial charge in [-0.1, -0.05) is 22.9 Å². The second kappa shape index (κ2) is 6.06. The summed E-state index contributed by atoms with van der Waals surface area (Å²) in [5, 5.41) is 3.58. The van der Waals surface area contributed by atoms with Crippen LogP contribution in [0.4, 0.5) is 5.13 Å². The van der Waals surface area contributed by atoms with Gasteiger partial charge in [-0.2, -0.15) is 0 Å². The Hall–Kier alpha value is -1.92. The molecule has 1 aliphatic carbocycles. The van der Waals surface area contributed by atoms with Gasteiger partial charge in [0.05, 0.1) is 23.2 Å². The molecule has 3 rings (SSSR count). The Balaban J connectivity index is 1.86. The average Bonchev–Trinajstić information content (AvgIpc) is 2.91. The van der Waals surface area contributed by atoms with Gasteiger partial charge in [0.2, 0.25) is 0 Å². The molecule has 0 radical (unpaired) electrons. The van der Waals surface area contributed by atoms with Gasteiger partial charge in [0.25, 0.3) is 5.91 Å². The lowest BCUT2D eigenvalue weighted by molar-refractivity contribution is 0.0975. The number of halogens is 1. The summed E-state index contributed by atoms with van der Waals surface area (Å²) in [5.41, 5.74) is 1.10. The van der Waals surface area contributed by atoms with Crippen molar-refractivity contribution in [1.82, 2.24) is 4.98 Å². The van der Waals surface area contributed by atoms with Crippen molar-refractivity contribution in [3.05, 3.63) is 39.4 Å². The first-order chi connectivity index (χ1) is 10.6. The monoisotopic (exact) mass is 336 g/mol. The molecule has 1 aliphatic rings. The molecule has 0 fully saturated rings. The Morgan fingerprint density at radius 2 is 2.23 bits per heavy atom. The summed E-state index contributed by atoms with van der Waals surface area (Å²) in [6.45, 7) is 0. The number of thiazole rings is 1. The summed E-state index contributed by atoms with van der Waals surface area (Å²) in [4.78, 5) is 29.2. The summed E-state index contributed by atoms with van der Waals surface area (Å²) in [6, 6.07) is 4.82. The summed E-state index contributed by atoms with van der Waals surface area (Å²) < 4.78 is 5.17. The van der Waals surface area contributed by atoms with Crippen LogP contribution in [0.5, 0.6) is 5.75 Å². The molecule has 7 heteroatoms. The molecule has 22 heavy (non-hydrogen) atoms. The normalized spacial score (nSPS) is 13.6.